The van der Waals surface area contributed by atoms with Crippen molar-refractivity contribution < 1.29 is 13.2 Å². The van der Waals surface area contributed by atoms with Gasteiger partial charge in [-0.05, 0) is 67.9 Å². The molecule has 0 spiro atoms. The smallest absolute Gasteiger partial charge is 0.264 e. The summed E-state index contributed by atoms with van der Waals surface area (Å²) in [6.45, 7) is 3.86. The van der Waals surface area contributed by atoms with E-state index in [1.165, 1.54) is 23.5 Å². The molecule has 0 fully saturated rings. The molecule has 0 saturated carbocycles. The van der Waals surface area contributed by atoms with Crippen LogP contribution in [0, 0.1) is 13.8 Å². The number of aryl methyl sites for hydroxylation is 2. The summed E-state index contributed by atoms with van der Waals surface area (Å²) in [5.74, 6) is -0.373. The lowest BCUT2D eigenvalue weighted by Gasteiger charge is -2.20. The third kappa shape index (κ3) is 4.68. The minimum absolute atomic E-state index is 0.0558. The maximum absolute atomic E-state index is 13.0. The Balaban J connectivity index is 1.86. The lowest BCUT2D eigenvalue weighted by molar-refractivity contribution is 0.102. The third-order valence-electron chi connectivity index (χ3n) is 4.57. The topological polar surface area (TPSA) is 66.5 Å². The molecule has 1 amide bonds. The molecule has 3 aromatic carbocycles. The first-order chi connectivity index (χ1) is 13.7. The first-order valence-electron chi connectivity index (χ1n) is 8.91. The minimum atomic E-state index is -3.80. The first kappa shape index (κ1) is 21.1. The van der Waals surface area contributed by atoms with E-state index in [0.29, 0.717) is 11.4 Å². The van der Waals surface area contributed by atoms with Crippen molar-refractivity contribution in [2.24, 2.45) is 0 Å². The van der Waals surface area contributed by atoms with E-state index in [0.717, 1.165) is 15.6 Å². The summed E-state index contributed by atoms with van der Waals surface area (Å²) in [5, 5.41) is 2.80. The normalized spacial score (nSPS) is 11.2. The molecular formula is C22H21BrN2O3S. The average Bonchev–Trinajstić information content (AvgIpc) is 2.71. The van der Waals surface area contributed by atoms with Crippen LogP contribution in [0.1, 0.15) is 21.5 Å². The predicted octanol–water partition coefficient (Wildman–Crippen LogP) is 5.14. The summed E-state index contributed by atoms with van der Waals surface area (Å²) < 4.78 is 28.2. The summed E-state index contributed by atoms with van der Waals surface area (Å²) >= 11 is 3.42. The fourth-order valence-electron chi connectivity index (χ4n) is 2.78. The predicted molar refractivity (Wildman–Crippen MR) is 120 cm³/mol. The van der Waals surface area contributed by atoms with Gasteiger partial charge in [-0.1, -0.05) is 39.7 Å². The number of nitrogens with one attached hydrogen (secondary N) is 1. The van der Waals surface area contributed by atoms with Crippen molar-refractivity contribution in [3.8, 4) is 0 Å². The molecule has 1 N–H and O–H groups in total. The van der Waals surface area contributed by atoms with Crippen molar-refractivity contribution in [3.05, 3.63) is 87.9 Å². The van der Waals surface area contributed by atoms with Crippen molar-refractivity contribution in [1.82, 2.24) is 0 Å². The van der Waals surface area contributed by atoms with Crippen LogP contribution < -0.4 is 9.62 Å². The van der Waals surface area contributed by atoms with E-state index in [1.54, 1.807) is 30.3 Å². The van der Waals surface area contributed by atoms with Gasteiger partial charge in [0.1, 0.15) is 0 Å². The number of anilines is 2. The molecule has 0 saturated heterocycles. The average molecular weight is 473 g/mol. The highest BCUT2D eigenvalue weighted by molar-refractivity contribution is 9.10. The fourth-order valence-corrected chi connectivity index (χ4v) is 4.26. The highest BCUT2D eigenvalue weighted by Crippen LogP contribution is 2.24. The molecule has 0 unspecified atom stereocenters. The molecule has 0 radical (unpaired) electrons. The van der Waals surface area contributed by atoms with Crippen LogP contribution in [0.5, 0.6) is 0 Å². The zero-order valence-electron chi connectivity index (χ0n) is 16.3. The number of amides is 1. The molecule has 150 valence electrons. The molecule has 0 aliphatic heterocycles. The van der Waals surface area contributed by atoms with E-state index in [1.807, 2.05) is 38.1 Å². The van der Waals surface area contributed by atoms with E-state index in [2.05, 4.69) is 21.2 Å². The standard InChI is InChI=1S/C22H21BrN2O3S/c1-15-7-10-19(11-8-15)25(3)29(27,28)20-6-4-5-17(14-20)22(26)24-18-9-12-21(23)16(2)13-18/h4-14H,1-3H3,(H,24,26). The van der Waals surface area contributed by atoms with Gasteiger partial charge in [0, 0.05) is 22.8 Å². The van der Waals surface area contributed by atoms with Gasteiger partial charge in [-0.2, -0.15) is 0 Å². The van der Waals surface area contributed by atoms with Crippen molar-refractivity contribution in [2.75, 3.05) is 16.7 Å². The summed E-state index contributed by atoms with van der Waals surface area (Å²) in [5.41, 5.74) is 3.49. The van der Waals surface area contributed by atoms with Crippen LogP contribution in [0.3, 0.4) is 0 Å². The number of sulfonamides is 1. The number of rotatable bonds is 5. The number of hydrogen-bond donors (Lipinski definition) is 1. The van der Waals surface area contributed by atoms with Gasteiger partial charge in [-0.15, -0.1) is 0 Å². The van der Waals surface area contributed by atoms with Crippen molar-refractivity contribution >= 4 is 43.2 Å². The Morgan fingerprint density at radius 1 is 0.966 bits per heavy atom. The van der Waals surface area contributed by atoms with Crippen molar-refractivity contribution in [2.45, 2.75) is 18.7 Å². The third-order valence-corrected chi connectivity index (χ3v) is 7.24. The van der Waals surface area contributed by atoms with Crippen LogP contribution in [0.25, 0.3) is 0 Å². The zero-order valence-corrected chi connectivity index (χ0v) is 18.7. The molecule has 0 aliphatic rings. The minimum Gasteiger partial charge on any atom is -0.322 e. The Labute approximate surface area is 179 Å². The van der Waals surface area contributed by atoms with Crippen LogP contribution in [-0.2, 0) is 10.0 Å². The van der Waals surface area contributed by atoms with Crippen LogP contribution in [0.4, 0.5) is 11.4 Å². The Hall–Kier alpha value is -2.64. The van der Waals surface area contributed by atoms with Gasteiger partial charge in [0.25, 0.3) is 15.9 Å². The highest BCUT2D eigenvalue weighted by atomic mass is 79.9. The van der Waals surface area contributed by atoms with Crippen LogP contribution >= 0.6 is 15.9 Å². The number of hydrogen-bond acceptors (Lipinski definition) is 3. The lowest BCUT2D eigenvalue weighted by Crippen LogP contribution is -2.26. The second kappa shape index (κ2) is 8.39. The maximum atomic E-state index is 13.0. The van der Waals surface area contributed by atoms with Crippen molar-refractivity contribution in [3.63, 3.8) is 0 Å². The van der Waals surface area contributed by atoms with Crippen molar-refractivity contribution in [1.29, 1.82) is 0 Å². The molecule has 0 aliphatic carbocycles. The molecule has 0 atom stereocenters. The van der Waals surface area contributed by atoms with Gasteiger partial charge in [0.15, 0.2) is 0 Å². The number of halogens is 1. The van der Waals surface area contributed by atoms with E-state index in [-0.39, 0.29) is 16.4 Å². The number of benzene rings is 3. The van der Waals surface area contributed by atoms with Gasteiger partial charge >= 0.3 is 0 Å². The Morgan fingerprint density at radius 3 is 2.31 bits per heavy atom. The molecule has 3 rings (SSSR count). The second-order valence-corrected chi connectivity index (χ2v) is 9.58. The van der Waals surface area contributed by atoms with E-state index in [4.69, 9.17) is 0 Å². The van der Waals surface area contributed by atoms with Crippen LogP contribution in [0.2, 0.25) is 0 Å². The fraction of sp³-hybridized carbons (Fsp3) is 0.136. The monoisotopic (exact) mass is 472 g/mol. The Kier molecular flexibility index (Phi) is 6.10. The number of carbonyl (C=O) groups is 1. The Bertz CT molecular complexity index is 1160. The van der Waals surface area contributed by atoms with Gasteiger partial charge in [0.05, 0.1) is 10.6 Å². The van der Waals surface area contributed by atoms with Gasteiger partial charge < -0.3 is 5.32 Å². The van der Waals surface area contributed by atoms with Gasteiger partial charge in [0.2, 0.25) is 0 Å². The molecular weight excluding hydrogens is 452 g/mol. The summed E-state index contributed by atoms with van der Waals surface area (Å²) in [4.78, 5) is 12.7. The molecule has 0 heterocycles. The van der Waals surface area contributed by atoms with E-state index in [9.17, 15) is 13.2 Å². The van der Waals surface area contributed by atoms with Gasteiger partial charge in [-0.25, -0.2) is 8.42 Å². The number of carbonyl (C=O) groups excluding carboxylic acids is 1. The highest BCUT2D eigenvalue weighted by Gasteiger charge is 2.22. The summed E-state index contributed by atoms with van der Waals surface area (Å²) in [7, 11) is -2.30. The second-order valence-electron chi connectivity index (χ2n) is 6.75. The molecule has 5 nitrogen and oxygen atoms in total. The zero-order chi connectivity index (χ0) is 21.2. The molecule has 7 heteroatoms. The summed E-state index contributed by atoms with van der Waals surface area (Å²) in [6.07, 6.45) is 0. The maximum Gasteiger partial charge on any atom is 0.264 e. The molecule has 0 aromatic heterocycles. The number of nitrogens with zero attached hydrogens (tertiary/aromatic N) is 1. The lowest BCUT2D eigenvalue weighted by atomic mass is 10.2. The molecule has 0 bridgehead atoms. The summed E-state index contributed by atoms with van der Waals surface area (Å²) in [6, 6.07) is 18.7. The quantitative estimate of drug-likeness (QED) is 0.558. The van der Waals surface area contributed by atoms with E-state index >= 15 is 0 Å². The SMILES string of the molecule is Cc1ccc(N(C)S(=O)(=O)c2cccc(C(=O)Nc3ccc(Br)c(C)c3)c2)cc1. The van der Waals surface area contributed by atoms with E-state index < -0.39 is 10.0 Å². The largest absolute Gasteiger partial charge is 0.322 e. The molecule has 3 aromatic rings. The first-order valence-corrected chi connectivity index (χ1v) is 11.1. The molecule has 29 heavy (non-hydrogen) atoms. The van der Waals surface area contributed by atoms with Crippen LogP contribution in [-0.4, -0.2) is 21.4 Å². The van der Waals surface area contributed by atoms with Gasteiger partial charge in [-0.3, -0.25) is 9.10 Å². The van der Waals surface area contributed by atoms with Crippen LogP contribution in [0.15, 0.2) is 76.1 Å². The Morgan fingerprint density at radius 2 is 1.66 bits per heavy atom.